The highest BCUT2D eigenvalue weighted by atomic mass is 16.5. The molecule has 1 aromatic rings. The van der Waals surface area contributed by atoms with E-state index in [-0.39, 0.29) is 23.8 Å². The maximum absolute atomic E-state index is 12.8. The first-order valence-electron chi connectivity index (χ1n) is 7.83. The van der Waals surface area contributed by atoms with Crippen LogP contribution in [0, 0.1) is 5.92 Å². The SMILES string of the molecule is O=C(O)C1CN(C(=O)C2CC23CCc2ccccc23)CCO1. The van der Waals surface area contributed by atoms with Crippen molar-refractivity contribution in [3.8, 4) is 0 Å². The zero-order chi connectivity index (χ0) is 15.3. The Labute approximate surface area is 128 Å². The Morgan fingerprint density at radius 1 is 1.32 bits per heavy atom. The zero-order valence-electron chi connectivity index (χ0n) is 12.3. The smallest absolute Gasteiger partial charge is 0.334 e. The first-order chi connectivity index (χ1) is 10.6. The summed E-state index contributed by atoms with van der Waals surface area (Å²) in [5.41, 5.74) is 2.71. The number of hydrogen-bond acceptors (Lipinski definition) is 3. The number of fused-ring (bicyclic) bond motifs is 2. The number of aliphatic carboxylic acids is 1. The number of amides is 1. The number of benzene rings is 1. The van der Waals surface area contributed by atoms with Crippen LogP contribution in [0.25, 0.3) is 0 Å². The lowest BCUT2D eigenvalue weighted by Gasteiger charge is -2.31. The van der Waals surface area contributed by atoms with Crippen LogP contribution >= 0.6 is 0 Å². The van der Waals surface area contributed by atoms with Gasteiger partial charge in [-0.3, -0.25) is 4.79 Å². The topological polar surface area (TPSA) is 66.8 Å². The molecule has 2 fully saturated rings. The van der Waals surface area contributed by atoms with Gasteiger partial charge in [0.15, 0.2) is 6.10 Å². The summed E-state index contributed by atoms with van der Waals surface area (Å²) in [7, 11) is 0. The molecule has 3 atom stereocenters. The number of rotatable bonds is 2. The van der Waals surface area contributed by atoms with Gasteiger partial charge < -0.3 is 14.7 Å². The Bertz CT molecular complexity index is 643. The Morgan fingerprint density at radius 2 is 2.14 bits per heavy atom. The Kier molecular flexibility index (Phi) is 3.01. The standard InChI is InChI=1S/C17H19NO4/c19-15(18-7-8-22-14(10-18)16(20)21)13-9-17(13)6-5-11-3-1-2-4-12(11)17/h1-4,13-14H,5-10H2,(H,20,21). The molecule has 1 spiro atoms. The highest BCUT2D eigenvalue weighted by molar-refractivity contribution is 5.86. The first kappa shape index (κ1) is 13.8. The first-order valence-corrected chi connectivity index (χ1v) is 7.83. The van der Waals surface area contributed by atoms with Gasteiger partial charge in [-0.15, -0.1) is 0 Å². The van der Waals surface area contributed by atoms with Gasteiger partial charge >= 0.3 is 5.97 Å². The third kappa shape index (κ3) is 1.96. The lowest BCUT2D eigenvalue weighted by atomic mass is 9.95. The summed E-state index contributed by atoms with van der Waals surface area (Å²) < 4.78 is 5.20. The lowest BCUT2D eigenvalue weighted by Crippen LogP contribution is -2.49. The van der Waals surface area contributed by atoms with Crippen LogP contribution in [0.1, 0.15) is 24.0 Å². The van der Waals surface area contributed by atoms with E-state index in [9.17, 15) is 9.59 Å². The molecule has 5 nitrogen and oxygen atoms in total. The van der Waals surface area contributed by atoms with Crippen molar-refractivity contribution in [1.29, 1.82) is 0 Å². The number of aryl methyl sites for hydroxylation is 1. The molecule has 1 N–H and O–H groups in total. The Morgan fingerprint density at radius 3 is 2.95 bits per heavy atom. The molecular formula is C17H19NO4. The quantitative estimate of drug-likeness (QED) is 0.891. The van der Waals surface area contributed by atoms with E-state index in [1.54, 1.807) is 4.90 Å². The summed E-state index contributed by atoms with van der Waals surface area (Å²) in [5.74, 6) is -0.871. The fourth-order valence-corrected chi connectivity index (χ4v) is 4.14. The molecule has 4 rings (SSSR count). The number of ether oxygens (including phenoxy) is 1. The zero-order valence-corrected chi connectivity index (χ0v) is 12.3. The lowest BCUT2D eigenvalue weighted by molar-refractivity contribution is -0.159. The summed E-state index contributed by atoms with van der Waals surface area (Å²) in [6.07, 6.45) is 2.09. The summed E-state index contributed by atoms with van der Waals surface area (Å²) in [4.78, 5) is 25.5. The molecule has 1 amide bonds. The molecule has 3 unspecified atom stereocenters. The maximum atomic E-state index is 12.8. The molecule has 0 aromatic heterocycles. The van der Waals surface area contributed by atoms with E-state index < -0.39 is 12.1 Å². The molecule has 0 bridgehead atoms. The van der Waals surface area contributed by atoms with Crippen molar-refractivity contribution in [3.05, 3.63) is 35.4 Å². The van der Waals surface area contributed by atoms with Gasteiger partial charge in [-0.2, -0.15) is 0 Å². The minimum Gasteiger partial charge on any atom is -0.479 e. The fraction of sp³-hybridized carbons (Fsp3) is 0.529. The van der Waals surface area contributed by atoms with Crippen LogP contribution in [0.3, 0.4) is 0 Å². The third-order valence-corrected chi connectivity index (χ3v) is 5.42. The average molecular weight is 301 g/mol. The van der Waals surface area contributed by atoms with E-state index in [0.29, 0.717) is 13.2 Å². The molecular weight excluding hydrogens is 282 g/mol. The minimum absolute atomic E-state index is 0.0173. The van der Waals surface area contributed by atoms with Gasteiger partial charge in [0.1, 0.15) is 0 Å². The van der Waals surface area contributed by atoms with Gasteiger partial charge in [0.05, 0.1) is 13.2 Å². The summed E-state index contributed by atoms with van der Waals surface area (Å²) in [6, 6.07) is 8.39. The van der Waals surface area contributed by atoms with Crippen LogP contribution in [0.5, 0.6) is 0 Å². The second kappa shape index (κ2) is 4.81. The van der Waals surface area contributed by atoms with Gasteiger partial charge in [-0.25, -0.2) is 4.79 Å². The van der Waals surface area contributed by atoms with E-state index in [4.69, 9.17) is 9.84 Å². The van der Waals surface area contributed by atoms with Crippen LogP contribution in [-0.4, -0.2) is 47.7 Å². The van der Waals surface area contributed by atoms with E-state index in [0.717, 1.165) is 19.3 Å². The maximum Gasteiger partial charge on any atom is 0.334 e. The van der Waals surface area contributed by atoms with Crippen molar-refractivity contribution in [2.45, 2.75) is 30.8 Å². The van der Waals surface area contributed by atoms with Crippen LogP contribution in [-0.2, 0) is 26.2 Å². The Hall–Kier alpha value is -1.88. The van der Waals surface area contributed by atoms with E-state index in [1.807, 2.05) is 6.07 Å². The number of nitrogens with zero attached hydrogens (tertiary/aromatic N) is 1. The molecule has 1 aromatic carbocycles. The molecule has 2 aliphatic carbocycles. The molecule has 22 heavy (non-hydrogen) atoms. The third-order valence-electron chi connectivity index (χ3n) is 5.42. The predicted molar refractivity (Wildman–Crippen MR) is 78.5 cm³/mol. The molecule has 1 aliphatic heterocycles. The number of carbonyl (C=O) groups excluding carboxylic acids is 1. The number of hydrogen-bond donors (Lipinski definition) is 1. The second-order valence-corrected chi connectivity index (χ2v) is 6.55. The van der Waals surface area contributed by atoms with Gasteiger partial charge in [-0.1, -0.05) is 24.3 Å². The van der Waals surface area contributed by atoms with Gasteiger partial charge in [0.25, 0.3) is 0 Å². The highest BCUT2D eigenvalue weighted by Gasteiger charge is 2.62. The van der Waals surface area contributed by atoms with E-state index >= 15 is 0 Å². The molecule has 1 saturated carbocycles. The monoisotopic (exact) mass is 301 g/mol. The number of carboxylic acids is 1. The van der Waals surface area contributed by atoms with Crippen molar-refractivity contribution >= 4 is 11.9 Å². The molecule has 116 valence electrons. The summed E-state index contributed by atoms with van der Waals surface area (Å²) in [6.45, 7) is 0.970. The van der Waals surface area contributed by atoms with Gasteiger partial charge in [-0.05, 0) is 30.4 Å². The fourth-order valence-electron chi connectivity index (χ4n) is 4.14. The van der Waals surface area contributed by atoms with E-state index in [1.165, 1.54) is 11.1 Å². The Balaban J connectivity index is 1.51. The molecule has 1 heterocycles. The molecule has 1 saturated heterocycles. The van der Waals surface area contributed by atoms with Crippen molar-refractivity contribution < 1.29 is 19.4 Å². The van der Waals surface area contributed by atoms with Crippen molar-refractivity contribution in [3.63, 3.8) is 0 Å². The average Bonchev–Trinajstić information content (AvgIpc) is 3.16. The molecule has 5 heteroatoms. The van der Waals surface area contributed by atoms with Crippen molar-refractivity contribution in [2.24, 2.45) is 5.92 Å². The van der Waals surface area contributed by atoms with Crippen LogP contribution < -0.4 is 0 Å². The van der Waals surface area contributed by atoms with Gasteiger partial charge in [0, 0.05) is 17.9 Å². The van der Waals surface area contributed by atoms with Crippen molar-refractivity contribution in [2.75, 3.05) is 19.7 Å². The van der Waals surface area contributed by atoms with Crippen molar-refractivity contribution in [1.82, 2.24) is 4.90 Å². The minimum atomic E-state index is -0.991. The number of carbonyl (C=O) groups is 2. The van der Waals surface area contributed by atoms with Crippen LogP contribution in [0.2, 0.25) is 0 Å². The van der Waals surface area contributed by atoms with E-state index in [2.05, 4.69) is 18.2 Å². The van der Waals surface area contributed by atoms with Gasteiger partial charge in [0.2, 0.25) is 5.91 Å². The largest absolute Gasteiger partial charge is 0.479 e. The second-order valence-electron chi connectivity index (χ2n) is 6.55. The summed E-state index contributed by atoms with van der Waals surface area (Å²) >= 11 is 0. The van der Waals surface area contributed by atoms with Crippen LogP contribution in [0.15, 0.2) is 24.3 Å². The predicted octanol–water partition coefficient (Wildman–Crippen LogP) is 1.20. The normalized spacial score (nSPS) is 32.8. The number of carboxylic acid groups (broad SMARTS) is 1. The van der Waals surface area contributed by atoms with Crippen LogP contribution in [0.4, 0.5) is 0 Å². The summed E-state index contributed by atoms with van der Waals surface area (Å²) in [5, 5.41) is 9.06. The molecule has 0 radical (unpaired) electrons. The number of morpholine rings is 1. The molecule has 3 aliphatic rings. The highest BCUT2D eigenvalue weighted by Crippen LogP contribution is 2.62.